The molecule has 0 aromatic heterocycles. The number of nitrogens with zero attached hydrogens (tertiary/aromatic N) is 1. The maximum Gasteiger partial charge on any atom is 0.413 e. The van der Waals surface area contributed by atoms with Crippen molar-refractivity contribution < 1.29 is 19.1 Å². The van der Waals surface area contributed by atoms with Crippen LogP contribution >= 0.6 is 11.6 Å². The number of amides is 2. The van der Waals surface area contributed by atoms with Crippen LogP contribution in [0, 0.1) is 0 Å². The van der Waals surface area contributed by atoms with Crippen molar-refractivity contribution >= 4 is 35.4 Å². The van der Waals surface area contributed by atoms with Crippen LogP contribution in [0.3, 0.4) is 0 Å². The summed E-state index contributed by atoms with van der Waals surface area (Å²) >= 11 is 5.87. The van der Waals surface area contributed by atoms with Crippen LogP contribution in [-0.2, 0) is 9.47 Å². The van der Waals surface area contributed by atoms with Crippen LogP contribution < -0.4 is 5.32 Å². The molecule has 170 valence electrons. The van der Waals surface area contributed by atoms with E-state index in [0.29, 0.717) is 22.9 Å². The van der Waals surface area contributed by atoms with Crippen molar-refractivity contribution in [3.8, 4) is 0 Å². The maximum atomic E-state index is 12.7. The molecule has 0 saturated carbocycles. The van der Waals surface area contributed by atoms with Gasteiger partial charge in [-0.25, -0.2) is 4.79 Å². The number of halogens is 1. The van der Waals surface area contributed by atoms with E-state index >= 15 is 0 Å². The highest BCUT2D eigenvalue weighted by molar-refractivity contribution is 6.30. The molecule has 3 rings (SSSR count). The summed E-state index contributed by atoms with van der Waals surface area (Å²) in [6, 6.07) is 13.9. The van der Waals surface area contributed by atoms with Crippen LogP contribution in [0.2, 0.25) is 5.02 Å². The second-order valence-corrected chi connectivity index (χ2v) is 9.55. The lowest BCUT2D eigenvalue weighted by Gasteiger charge is -2.34. The van der Waals surface area contributed by atoms with Gasteiger partial charge in [0.2, 0.25) is 0 Å². The molecule has 1 heterocycles. The zero-order valence-corrected chi connectivity index (χ0v) is 19.8. The monoisotopic (exact) mass is 456 g/mol. The van der Waals surface area contributed by atoms with Gasteiger partial charge in [-0.1, -0.05) is 35.9 Å². The zero-order chi connectivity index (χ0) is 23.5. The van der Waals surface area contributed by atoms with Crippen molar-refractivity contribution in [3.63, 3.8) is 0 Å². The second kappa shape index (κ2) is 9.35. The standard InChI is InChI=1S/C25H29ClN2O4/c1-24(2,3)32-23(30)28-21(16-31-25(28,4)5)15-8-17-6-13-20(14-7-17)27-22(29)18-9-11-19(26)12-10-18/h6-15,21H,16H2,1-5H3,(H,27,29)/t21-/m0/s1. The molecule has 1 fully saturated rings. The molecular formula is C25H29ClN2O4. The molecule has 0 spiro atoms. The lowest BCUT2D eigenvalue weighted by Crippen LogP contribution is -2.49. The average molecular weight is 457 g/mol. The van der Waals surface area contributed by atoms with Gasteiger partial charge < -0.3 is 14.8 Å². The van der Waals surface area contributed by atoms with Gasteiger partial charge in [0.1, 0.15) is 11.3 Å². The third-order valence-corrected chi connectivity index (χ3v) is 5.15. The van der Waals surface area contributed by atoms with Crippen LogP contribution in [0.15, 0.2) is 54.6 Å². The van der Waals surface area contributed by atoms with Crippen molar-refractivity contribution in [3.05, 3.63) is 70.8 Å². The molecule has 1 aliphatic heterocycles. The number of benzene rings is 2. The lowest BCUT2D eigenvalue weighted by atomic mass is 10.1. The Balaban J connectivity index is 1.66. The van der Waals surface area contributed by atoms with Gasteiger partial charge in [-0.2, -0.15) is 0 Å². The van der Waals surface area contributed by atoms with Crippen LogP contribution in [-0.4, -0.2) is 40.9 Å². The highest BCUT2D eigenvalue weighted by Crippen LogP contribution is 2.30. The molecule has 1 atom stereocenters. The molecule has 1 N–H and O–H groups in total. The molecule has 0 aliphatic carbocycles. The van der Waals surface area contributed by atoms with Crippen molar-refractivity contribution in [2.45, 2.75) is 52.0 Å². The number of nitrogens with one attached hydrogen (secondary N) is 1. The Morgan fingerprint density at radius 3 is 2.34 bits per heavy atom. The van der Waals surface area contributed by atoms with Crippen LogP contribution in [0.25, 0.3) is 6.08 Å². The quantitative estimate of drug-likeness (QED) is 0.614. The minimum Gasteiger partial charge on any atom is -0.444 e. The Morgan fingerprint density at radius 1 is 1.12 bits per heavy atom. The predicted molar refractivity (Wildman–Crippen MR) is 127 cm³/mol. The summed E-state index contributed by atoms with van der Waals surface area (Å²) in [6.45, 7) is 9.61. The minimum absolute atomic E-state index is 0.205. The zero-order valence-electron chi connectivity index (χ0n) is 19.0. The van der Waals surface area contributed by atoms with Crippen molar-refractivity contribution in [1.29, 1.82) is 0 Å². The van der Waals surface area contributed by atoms with Crippen LogP contribution in [0.1, 0.15) is 50.5 Å². The number of anilines is 1. The van der Waals surface area contributed by atoms with Crippen LogP contribution in [0.4, 0.5) is 10.5 Å². The molecular weight excluding hydrogens is 428 g/mol. The first-order chi connectivity index (χ1) is 14.9. The molecule has 0 bridgehead atoms. The topological polar surface area (TPSA) is 67.9 Å². The number of rotatable bonds is 4. The third-order valence-electron chi connectivity index (χ3n) is 4.90. The van der Waals surface area contributed by atoms with E-state index in [0.717, 1.165) is 5.56 Å². The minimum atomic E-state index is -0.757. The van der Waals surface area contributed by atoms with E-state index in [1.807, 2.05) is 71.0 Å². The van der Waals surface area contributed by atoms with E-state index in [9.17, 15) is 9.59 Å². The second-order valence-electron chi connectivity index (χ2n) is 9.12. The first-order valence-electron chi connectivity index (χ1n) is 10.5. The highest BCUT2D eigenvalue weighted by Gasteiger charge is 2.44. The molecule has 1 aliphatic rings. The summed E-state index contributed by atoms with van der Waals surface area (Å²) in [4.78, 5) is 26.7. The first-order valence-corrected chi connectivity index (χ1v) is 10.8. The van der Waals surface area contributed by atoms with E-state index in [2.05, 4.69) is 5.32 Å². The molecule has 32 heavy (non-hydrogen) atoms. The number of hydrogen-bond acceptors (Lipinski definition) is 4. The van der Waals surface area contributed by atoms with Gasteiger partial charge in [0, 0.05) is 16.3 Å². The largest absolute Gasteiger partial charge is 0.444 e. The molecule has 7 heteroatoms. The lowest BCUT2D eigenvalue weighted by molar-refractivity contribution is -0.0610. The van der Waals surface area contributed by atoms with Gasteiger partial charge in [0.25, 0.3) is 5.91 Å². The smallest absolute Gasteiger partial charge is 0.413 e. The number of hydrogen-bond donors (Lipinski definition) is 1. The molecule has 1 saturated heterocycles. The summed E-state index contributed by atoms with van der Waals surface area (Å²) in [5, 5.41) is 3.44. The number of carbonyl (C=O) groups is 2. The third kappa shape index (κ3) is 6.11. The van der Waals surface area contributed by atoms with E-state index in [4.69, 9.17) is 21.1 Å². The Hall–Kier alpha value is -2.83. The van der Waals surface area contributed by atoms with Gasteiger partial charge >= 0.3 is 6.09 Å². The molecule has 0 radical (unpaired) electrons. The van der Waals surface area contributed by atoms with Crippen molar-refractivity contribution in [1.82, 2.24) is 4.90 Å². The normalized spacial score (nSPS) is 18.1. The first kappa shape index (κ1) is 23.8. The van der Waals surface area contributed by atoms with Crippen LogP contribution in [0.5, 0.6) is 0 Å². The summed E-state index contributed by atoms with van der Waals surface area (Å²) in [7, 11) is 0. The predicted octanol–water partition coefficient (Wildman–Crippen LogP) is 5.98. The SMILES string of the molecule is CC(C)(C)OC(=O)N1[C@@H](C=Cc2ccc(NC(=O)c3ccc(Cl)cc3)cc2)COC1(C)C. The molecule has 2 aromatic rings. The van der Waals surface area contributed by atoms with Gasteiger partial charge in [0.05, 0.1) is 12.6 Å². The maximum absolute atomic E-state index is 12.7. The Labute approximate surface area is 194 Å². The summed E-state index contributed by atoms with van der Waals surface area (Å²) in [5.41, 5.74) is 0.805. The van der Waals surface area contributed by atoms with Gasteiger partial charge in [-0.15, -0.1) is 0 Å². The fourth-order valence-corrected chi connectivity index (χ4v) is 3.47. The fourth-order valence-electron chi connectivity index (χ4n) is 3.34. The Bertz CT molecular complexity index is 992. The number of carbonyl (C=O) groups excluding carboxylic acids is 2. The Morgan fingerprint density at radius 2 is 1.75 bits per heavy atom. The van der Waals surface area contributed by atoms with E-state index in [-0.39, 0.29) is 11.9 Å². The summed E-state index contributed by atoms with van der Waals surface area (Å²) in [5.74, 6) is -0.205. The average Bonchev–Trinajstić information content (AvgIpc) is 3.01. The molecule has 2 aromatic carbocycles. The molecule has 6 nitrogen and oxygen atoms in total. The summed E-state index contributed by atoms with van der Waals surface area (Å²) < 4.78 is 11.4. The van der Waals surface area contributed by atoms with Gasteiger partial charge in [-0.05, 0) is 76.6 Å². The molecule has 2 amide bonds. The van der Waals surface area contributed by atoms with Crippen molar-refractivity contribution in [2.75, 3.05) is 11.9 Å². The van der Waals surface area contributed by atoms with Crippen molar-refractivity contribution in [2.24, 2.45) is 0 Å². The molecule has 0 unspecified atom stereocenters. The Kier molecular flexibility index (Phi) is 6.96. The van der Waals surface area contributed by atoms with Gasteiger partial charge in [0.15, 0.2) is 0 Å². The summed E-state index contributed by atoms with van der Waals surface area (Å²) in [6.07, 6.45) is 3.45. The van der Waals surface area contributed by atoms with E-state index < -0.39 is 17.4 Å². The van der Waals surface area contributed by atoms with E-state index in [1.54, 1.807) is 29.2 Å². The number of ether oxygens (including phenoxy) is 2. The highest BCUT2D eigenvalue weighted by atomic mass is 35.5. The van der Waals surface area contributed by atoms with E-state index in [1.165, 1.54) is 0 Å². The fraction of sp³-hybridized carbons (Fsp3) is 0.360. The van der Waals surface area contributed by atoms with Gasteiger partial charge in [-0.3, -0.25) is 9.69 Å².